The van der Waals surface area contributed by atoms with Crippen LogP contribution in [0.1, 0.15) is 37.4 Å². The first kappa shape index (κ1) is 18.8. The Morgan fingerprint density at radius 2 is 2.27 bits per heavy atom. The number of anilines is 1. The van der Waals surface area contributed by atoms with Gasteiger partial charge in [-0.05, 0) is 62.6 Å². The van der Waals surface area contributed by atoms with Gasteiger partial charge in [0.15, 0.2) is 5.96 Å². The van der Waals surface area contributed by atoms with Crippen LogP contribution in [-0.4, -0.2) is 48.4 Å². The molecule has 0 amide bonds. The quantitative estimate of drug-likeness (QED) is 0.396. The zero-order valence-electron chi connectivity index (χ0n) is 15.8. The molecule has 142 valence electrons. The number of rotatable bonds is 7. The van der Waals surface area contributed by atoms with E-state index in [1.54, 1.807) is 0 Å². The lowest BCUT2D eigenvalue weighted by atomic mass is 10.1. The van der Waals surface area contributed by atoms with E-state index in [9.17, 15) is 0 Å². The van der Waals surface area contributed by atoms with E-state index in [0.717, 1.165) is 63.5 Å². The molecule has 2 aromatic rings. The average Bonchev–Trinajstić information content (AvgIpc) is 3.32. The van der Waals surface area contributed by atoms with Crippen LogP contribution in [0.4, 0.5) is 5.00 Å². The minimum atomic E-state index is 0.500. The summed E-state index contributed by atoms with van der Waals surface area (Å²) >= 11 is 1.83. The van der Waals surface area contributed by atoms with Gasteiger partial charge >= 0.3 is 0 Å². The van der Waals surface area contributed by atoms with E-state index in [0.29, 0.717) is 6.04 Å². The Bertz CT molecular complexity index is 670. The number of aromatic amines is 1. The summed E-state index contributed by atoms with van der Waals surface area (Å²) in [5, 5.41) is 17.6. The van der Waals surface area contributed by atoms with Crippen LogP contribution in [0, 0.1) is 6.92 Å². The lowest BCUT2D eigenvalue weighted by molar-refractivity contribution is 0.463. The maximum Gasteiger partial charge on any atom is 0.191 e. The number of thiophene rings is 1. The van der Waals surface area contributed by atoms with Gasteiger partial charge in [-0.2, -0.15) is 5.10 Å². The van der Waals surface area contributed by atoms with Crippen molar-refractivity contribution in [2.75, 3.05) is 31.1 Å². The monoisotopic (exact) mass is 374 g/mol. The largest absolute Gasteiger partial charge is 0.363 e. The van der Waals surface area contributed by atoms with Gasteiger partial charge in [0.25, 0.3) is 0 Å². The number of aromatic nitrogens is 2. The fourth-order valence-electron chi connectivity index (χ4n) is 3.30. The van der Waals surface area contributed by atoms with E-state index in [2.05, 4.69) is 57.1 Å². The van der Waals surface area contributed by atoms with Crippen LogP contribution in [0.2, 0.25) is 0 Å². The molecule has 0 radical (unpaired) electrons. The fraction of sp³-hybridized carbons (Fsp3) is 0.579. The van der Waals surface area contributed by atoms with Crippen molar-refractivity contribution in [2.24, 2.45) is 4.99 Å². The van der Waals surface area contributed by atoms with Crippen LogP contribution in [-0.2, 0) is 6.42 Å². The number of aliphatic imine (C=N–C) groups is 1. The summed E-state index contributed by atoms with van der Waals surface area (Å²) in [6.07, 6.45) is 6.27. The molecule has 2 aromatic heterocycles. The number of nitrogens with zero attached hydrogens (tertiary/aromatic N) is 3. The highest BCUT2D eigenvalue weighted by atomic mass is 32.1. The maximum absolute atomic E-state index is 4.76. The van der Waals surface area contributed by atoms with Crippen molar-refractivity contribution in [1.29, 1.82) is 0 Å². The molecule has 1 fully saturated rings. The number of nitrogens with one attached hydrogen (secondary N) is 3. The van der Waals surface area contributed by atoms with Crippen molar-refractivity contribution in [3.63, 3.8) is 0 Å². The second-order valence-corrected chi connectivity index (χ2v) is 7.67. The van der Waals surface area contributed by atoms with Gasteiger partial charge in [0, 0.05) is 37.9 Å². The Morgan fingerprint density at radius 3 is 2.92 bits per heavy atom. The molecule has 6 nitrogen and oxygen atoms in total. The number of H-pyrrole nitrogens is 1. The molecule has 3 N–H and O–H groups in total. The summed E-state index contributed by atoms with van der Waals surface area (Å²) in [6, 6.07) is 4.84. The number of hydrogen-bond acceptors (Lipinski definition) is 4. The highest BCUT2D eigenvalue weighted by Gasteiger charge is 2.20. The first-order valence-corrected chi connectivity index (χ1v) is 10.5. The van der Waals surface area contributed by atoms with Crippen LogP contribution >= 0.6 is 11.3 Å². The molecular weight excluding hydrogens is 344 g/mol. The van der Waals surface area contributed by atoms with Gasteiger partial charge in [-0.1, -0.05) is 0 Å². The van der Waals surface area contributed by atoms with E-state index < -0.39 is 0 Å². The average molecular weight is 375 g/mol. The van der Waals surface area contributed by atoms with Gasteiger partial charge in [0.05, 0.1) is 11.2 Å². The summed E-state index contributed by atoms with van der Waals surface area (Å²) in [4.78, 5) is 7.24. The number of aryl methyl sites for hydroxylation is 2. The Hall–Kier alpha value is -2.02. The van der Waals surface area contributed by atoms with Crippen molar-refractivity contribution in [3.8, 4) is 0 Å². The molecule has 7 heteroatoms. The van der Waals surface area contributed by atoms with Crippen LogP contribution in [0.25, 0.3) is 0 Å². The third-order valence-corrected chi connectivity index (χ3v) is 5.74. The molecule has 3 rings (SSSR count). The Kier molecular flexibility index (Phi) is 6.94. The van der Waals surface area contributed by atoms with Crippen LogP contribution in [0.5, 0.6) is 0 Å². The standard InChI is InChI=1S/C19H30N6S/c1-3-20-19(21-10-4-6-16-14-22-24-15(16)2)23-17-8-11-25(12-9-17)18-7-5-13-26-18/h5,7,13-14,17H,3-4,6,8-12H2,1-2H3,(H,22,24)(H2,20,21,23). The SMILES string of the molecule is CCNC(=NCCCc1cn[nH]c1C)NC1CCN(c2cccs2)CC1. The smallest absolute Gasteiger partial charge is 0.191 e. The van der Waals surface area contributed by atoms with Crippen molar-refractivity contribution in [1.82, 2.24) is 20.8 Å². The van der Waals surface area contributed by atoms with Gasteiger partial charge in [0.2, 0.25) is 0 Å². The zero-order valence-corrected chi connectivity index (χ0v) is 16.6. The molecule has 1 aliphatic heterocycles. The first-order valence-electron chi connectivity index (χ1n) is 9.58. The van der Waals surface area contributed by atoms with Crippen LogP contribution < -0.4 is 15.5 Å². The van der Waals surface area contributed by atoms with Gasteiger partial charge in [-0.3, -0.25) is 10.1 Å². The lowest BCUT2D eigenvalue weighted by Crippen LogP contribution is -2.48. The lowest BCUT2D eigenvalue weighted by Gasteiger charge is -2.33. The highest BCUT2D eigenvalue weighted by Crippen LogP contribution is 2.24. The Labute approximate surface area is 160 Å². The molecule has 0 bridgehead atoms. The van der Waals surface area contributed by atoms with Crippen molar-refractivity contribution >= 4 is 22.3 Å². The van der Waals surface area contributed by atoms with E-state index in [-0.39, 0.29) is 0 Å². The van der Waals surface area contributed by atoms with Crippen molar-refractivity contribution in [3.05, 3.63) is 35.0 Å². The Balaban J connectivity index is 1.43. The van der Waals surface area contributed by atoms with E-state index in [1.165, 1.54) is 10.6 Å². The predicted octanol–water partition coefficient (Wildman–Crippen LogP) is 2.94. The summed E-state index contributed by atoms with van der Waals surface area (Å²) < 4.78 is 0. The second-order valence-electron chi connectivity index (χ2n) is 6.74. The van der Waals surface area contributed by atoms with Gasteiger partial charge in [-0.15, -0.1) is 11.3 Å². The summed E-state index contributed by atoms with van der Waals surface area (Å²) in [5.41, 5.74) is 2.45. The van der Waals surface area contributed by atoms with Crippen LogP contribution in [0.3, 0.4) is 0 Å². The van der Waals surface area contributed by atoms with Gasteiger partial charge < -0.3 is 15.5 Å². The fourth-order valence-corrected chi connectivity index (χ4v) is 4.08. The third kappa shape index (κ3) is 5.24. The van der Waals surface area contributed by atoms with Gasteiger partial charge in [0.1, 0.15) is 0 Å². The highest BCUT2D eigenvalue weighted by molar-refractivity contribution is 7.14. The second kappa shape index (κ2) is 9.62. The van der Waals surface area contributed by atoms with Crippen molar-refractivity contribution in [2.45, 2.75) is 45.6 Å². The van der Waals surface area contributed by atoms with E-state index in [1.807, 2.05) is 17.5 Å². The first-order chi connectivity index (χ1) is 12.8. The molecule has 0 spiro atoms. The molecule has 1 saturated heterocycles. The normalized spacial score (nSPS) is 16.1. The topological polar surface area (TPSA) is 68.3 Å². The number of piperidine rings is 1. The molecule has 0 atom stereocenters. The van der Waals surface area contributed by atoms with Crippen molar-refractivity contribution < 1.29 is 0 Å². The molecule has 1 aliphatic rings. The molecule has 0 saturated carbocycles. The van der Waals surface area contributed by atoms with Gasteiger partial charge in [-0.25, -0.2) is 0 Å². The molecule has 26 heavy (non-hydrogen) atoms. The number of guanidine groups is 1. The molecular formula is C19H30N6S. The summed E-state index contributed by atoms with van der Waals surface area (Å²) in [5.74, 6) is 0.950. The van der Waals surface area contributed by atoms with E-state index >= 15 is 0 Å². The Morgan fingerprint density at radius 1 is 1.42 bits per heavy atom. The minimum Gasteiger partial charge on any atom is -0.363 e. The maximum atomic E-state index is 4.76. The minimum absolute atomic E-state index is 0.500. The van der Waals surface area contributed by atoms with Crippen LogP contribution in [0.15, 0.2) is 28.7 Å². The summed E-state index contributed by atoms with van der Waals surface area (Å²) in [6.45, 7) is 8.12. The third-order valence-electron chi connectivity index (χ3n) is 4.81. The number of hydrogen-bond donors (Lipinski definition) is 3. The molecule has 0 aliphatic carbocycles. The zero-order chi connectivity index (χ0) is 18.2. The molecule has 0 unspecified atom stereocenters. The van der Waals surface area contributed by atoms with E-state index in [4.69, 9.17) is 4.99 Å². The molecule has 3 heterocycles. The predicted molar refractivity (Wildman–Crippen MR) is 110 cm³/mol. The molecule has 0 aromatic carbocycles. The summed E-state index contributed by atoms with van der Waals surface area (Å²) in [7, 11) is 0.